The van der Waals surface area contributed by atoms with E-state index in [-0.39, 0.29) is 100.0 Å². The molecule has 0 aromatic rings. The Morgan fingerprint density at radius 1 is 0.333 bits per heavy atom. The molecule has 2 saturated heterocycles. The van der Waals surface area contributed by atoms with Gasteiger partial charge in [0.15, 0.2) is 0 Å². The molecule has 0 unspecified atom stereocenters. The van der Waals surface area contributed by atoms with E-state index < -0.39 is 33.6 Å². The third-order valence-electron chi connectivity index (χ3n) is 11.7. The van der Waals surface area contributed by atoms with Crippen LogP contribution in [0.25, 0.3) is 0 Å². The third-order valence-corrected chi connectivity index (χ3v) is 11.7. The number of hydrogen-bond acceptors (Lipinski definition) is 22. The standard InChI is InChI=1S/C31H55N5O7.C26H50N4O6.C6H9NO/c1-11-12-32-25(37)21-33-13-15-34(22-26(38)41-29(2,3)4)17-19-36(24-28(40)43-31(8,9)10)20-18-35(16-14-33)23-27(39)42-30(5,6)7;1-24(2,3)34-21(31)18-28-12-10-27-11-13-29(19-22(32)35-25(4,5)6)15-17-30(16-14-28)20-23(33)36-26(7,8)9;1-3-5-7-6(8)4-2/h1H,12-24H2,2-10H3,(H,32,37);27H,10-20H2,1-9H3;1H,4-5H2,2H3,(H,7,8). The Balaban J connectivity index is 0.00000152. The molecule has 2 aliphatic rings. The lowest BCUT2D eigenvalue weighted by atomic mass is 10.2. The number of ether oxygens (including phenoxy) is 6. The zero-order valence-corrected chi connectivity index (χ0v) is 56.9. The van der Waals surface area contributed by atoms with Gasteiger partial charge >= 0.3 is 35.8 Å². The van der Waals surface area contributed by atoms with Crippen LogP contribution in [-0.4, -0.2) is 279 Å². The molecule has 2 heterocycles. The second-order valence-electron chi connectivity index (χ2n) is 27.5. The molecule has 87 heavy (non-hydrogen) atoms. The van der Waals surface area contributed by atoms with Gasteiger partial charge in [0.1, 0.15) is 33.6 Å². The van der Waals surface area contributed by atoms with Crippen LogP contribution in [0.15, 0.2) is 0 Å². The molecule has 500 valence electrons. The van der Waals surface area contributed by atoms with E-state index >= 15 is 0 Å². The van der Waals surface area contributed by atoms with E-state index in [9.17, 15) is 38.4 Å². The first kappa shape index (κ1) is 81.6. The number of esters is 6. The number of carbonyl (C=O) groups is 8. The van der Waals surface area contributed by atoms with Crippen molar-refractivity contribution in [3.8, 4) is 24.7 Å². The molecule has 0 spiro atoms. The van der Waals surface area contributed by atoms with Gasteiger partial charge in [-0.25, -0.2) is 0 Å². The summed E-state index contributed by atoms with van der Waals surface area (Å²) in [6, 6.07) is 0. The molecular weight excluding hydrogens is 1120 g/mol. The second-order valence-corrected chi connectivity index (χ2v) is 27.5. The fraction of sp³-hybridized carbons (Fsp3) is 0.810. The minimum atomic E-state index is -0.620. The van der Waals surface area contributed by atoms with Gasteiger partial charge in [-0.3, -0.25) is 72.7 Å². The lowest BCUT2D eigenvalue weighted by Crippen LogP contribution is -2.50. The summed E-state index contributed by atoms with van der Waals surface area (Å²) in [5.74, 6) is 2.64. The maximum Gasteiger partial charge on any atom is 0.320 e. The summed E-state index contributed by atoms with van der Waals surface area (Å²) < 4.78 is 33.3. The molecule has 2 rings (SSSR count). The largest absolute Gasteiger partial charge is 0.459 e. The van der Waals surface area contributed by atoms with E-state index in [1.807, 2.05) is 159 Å². The molecule has 2 amide bonds. The van der Waals surface area contributed by atoms with Crippen LogP contribution in [0.5, 0.6) is 0 Å². The quantitative estimate of drug-likeness (QED) is 0.108. The Hall–Kier alpha value is -5.44. The van der Waals surface area contributed by atoms with Gasteiger partial charge in [0.05, 0.1) is 58.9 Å². The normalized spacial score (nSPS) is 17.1. The first-order valence-electron chi connectivity index (χ1n) is 30.5. The summed E-state index contributed by atoms with van der Waals surface area (Å²) in [4.78, 5) is 113. The number of nitrogens with zero attached hydrogens (tertiary/aromatic N) is 7. The maximum absolute atomic E-state index is 12.8. The number of nitrogens with one attached hydrogen (secondary N) is 3. The lowest BCUT2D eigenvalue weighted by molar-refractivity contribution is -0.158. The van der Waals surface area contributed by atoms with Crippen LogP contribution in [0, 0.1) is 24.7 Å². The fourth-order valence-electron chi connectivity index (χ4n) is 8.21. The highest BCUT2D eigenvalue weighted by Gasteiger charge is 2.28. The average molecular weight is 1240 g/mol. The van der Waals surface area contributed by atoms with Crippen LogP contribution in [0.1, 0.15) is 138 Å². The van der Waals surface area contributed by atoms with Crippen LogP contribution >= 0.6 is 0 Å². The maximum atomic E-state index is 12.8. The second kappa shape index (κ2) is 40.2. The SMILES string of the molecule is C#CCNC(=O)CC.C#CCNC(=O)CN1CCN(CC(=O)OC(C)(C)C)CCN(CC(=O)OC(C)(C)C)CCN(CC(=O)OC(C)(C)C)CC1.CC(C)(C)OC(=O)CN1CCNCCN(CC(=O)OC(C)(C)C)CCN(CC(=O)OC(C)(C)C)CC1. The summed E-state index contributed by atoms with van der Waals surface area (Å²) in [6.07, 6.45) is 10.7. The zero-order chi connectivity index (χ0) is 66.8. The van der Waals surface area contributed by atoms with Crippen molar-refractivity contribution >= 4 is 47.6 Å². The van der Waals surface area contributed by atoms with Crippen molar-refractivity contribution in [2.75, 3.05) is 164 Å². The summed E-state index contributed by atoms with van der Waals surface area (Å²) in [7, 11) is 0. The highest BCUT2D eigenvalue weighted by molar-refractivity contribution is 5.78. The molecule has 24 heteroatoms. The Bertz CT molecular complexity index is 2100. The average Bonchev–Trinajstić information content (AvgIpc) is 3.57. The van der Waals surface area contributed by atoms with Crippen LogP contribution in [0.2, 0.25) is 0 Å². The summed E-state index contributed by atoms with van der Waals surface area (Å²) in [6.45, 7) is 45.0. The zero-order valence-electron chi connectivity index (χ0n) is 56.9. The van der Waals surface area contributed by atoms with E-state index in [0.29, 0.717) is 118 Å². The summed E-state index contributed by atoms with van der Waals surface area (Å²) in [5, 5.41) is 8.61. The number of carbonyl (C=O) groups excluding carboxylic acids is 8. The van der Waals surface area contributed by atoms with E-state index in [1.165, 1.54) is 0 Å². The minimum absolute atomic E-state index is 0.00273. The Labute approximate surface area is 522 Å². The molecule has 0 bridgehead atoms. The van der Waals surface area contributed by atoms with Gasteiger partial charge in [0.25, 0.3) is 0 Å². The van der Waals surface area contributed by atoms with E-state index in [2.05, 4.69) is 27.8 Å². The molecule has 3 N–H and O–H groups in total. The van der Waals surface area contributed by atoms with Gasteiger partial charge in [-0.2, -0.15) is 0 Å². The van der Waals surface area contributed by atoms with Crippen LogP contribution in [0.4, 0.5) is 0 Å². The Morgan fingerprint density at radius 2 is 0.517 bits per heavy atom. The molecule has 2 aliphatic heterocycles. The van der Waals surface area contributed by atoms with Gasteiger partial charge in [0.2, 0.25) is 11.8 Å². The van der Waals surface area contributed by atoms with Crippen molar-refractivity contribution in [2.45, 2.75) is 172 Å². The molecule has 0 aliphatic carbocycles. The molecule has 0 radical (unpaired) electrons. The highest BCUT2D eigenvalue weighted by atomic mass is 16.6. The topological polar surface area (TPSA) is 251 Å². The molecule has 0 aromatic heterocycles. The van der Waals surface area contributed by atoms with Crippen LogP contribution < -0.4 is 16.0 Å². The third kappa shape index (κ3) is 49.2. The summed E-state index contributed by atoms with van der Waals surface area (Å²) >= 11 is 0. The van der Waals surface area contributed by atoms with Gasteiger partial charge < -0.3 is 44.4 Å². The monoisotopic (exact) mass is 1230 g/mol. The molecule has 2 fully saturated rings. The first-order chi connectivity index (χ1) is 40.0. The lowest BCUT2D eigenvalue weighted by Gasteiger charge is -2.34. The first-order valence-corrected chi connectivity index (χ1v) is 30.5. The molecular formula is C63H114N10O14. The predicted molar refractivity (Wildman–Crippen MR) is 337 cm³/mol. The van der Waals surface area contributed by atoms with Gasteiger partial charge in [-0.05, 0) is 125 Å². The summed E-state index contributed by atoms with van der Waals surface area (Å²) in [5.41, 5.74) is -3.51. The van der Waals surface area contributed by atoms with Crippen molar-refractivity contribution in [3.63, 3.8) is 0 Å². The Morgan fingerprint density at radius 3 is 0.701 bits per heavy atom. The van der Waals surface area contributed by atoms with E-state index in [0.717, 1.165) is 0 Å². The number of amides is 2. The molecule has 0 aromatic carbocycles. The fourth-order valence-corrected chi connectivity index (χ4v) is 8.21. The van der Waals surface area contributed by atoms with Gasteiger partial charge in [-0.15, -0.1) is 12.8 Å². The van der Waals surface area contributed by atoms with E-state index in [1.54, 1.807) is 6.92 Å². The van der Waals surface area contributed by atoms with Crippen molar-refractivity contribution in [3.05, 3.63) is 0 Å². The molecule has 0 saturated carbocycles. The minimum Gasteiger partial charge on any atom is -0.459 e. The van der Waals surface area contributed by atoms with Crippen LogP contribution in [0.3, 0.4) is 0 Å². The predicted octanol–water partition coefficient (Wildman–Crippen LogP) is 2.65. The van der Waals surface area contributed by atoms with Crippen molar-refractivity contribution in [2.24, 2.45) is 0 Å². The number of terminal acetylenes is 2. The van der Waals surface area contributed by atoms with Gasteiger partial charge in [-0.1, -0.05) is 18.8 Å². The van der Waals surface area contributed by atoms with Crippen molar-refractivity contribution < 1.29 is 66.8 Å². The Kier molecular flexibility index (Phi) is 37.7. The highest BCUT2D eigenvalue weighted by Crippen LogP contribution is 2.14. The molecule has 0 atom stereocenters. The van der Waals surface area contributed by atoms with Gasteiger partial charge in [0, 0.05) is 111 Å². The number of rotatable bonds is 17. The smallest absolute Gasteiger partial charge is 0.320 e. The van der Waals surface area contributed by atoms with Crippen LogP contribution in [-0.2, 0) is 66.8 Å². The van der Waals surface area contributed by atoms with Crippen molar-refractivity contribution in [1.82, 2.24) is 50.2 Å². The number of hydrogen-bond donors (Lipinski definition) is 3. The van der Waals surface area contributed by atoms with E-state index in [4.69, 9.17) is 41.3 Å². The van der Waals surface area contributed by atoms with Crippen molar-refractivity contribution in [1.29, 1.82) is 0 Å². The molecule has 24 nitrogen and oxygen atoms in total.